The molecule has 1 saturated heterocycles. The number of Topliss-reactive ketones (excluding diaryl/α,β-unsaturated/α-hetero) is 1. The van der Waals surface area contributed by atoms with Crippen molar-refractivity contribution in [3.05, 3.63) is 106 Å². The second-order valence-electron chi connectivity index (χ2n) is 9.48. The van der Waals surface area contributed by atoms with Gasteiger partial charge in [0.2, 0.25) is 0 Å². The summed E-state index contributed by atoms with van der Waals surface area (Å²) in [6.07, 6.45) is 0. The van der Waals surface area contributed by atoms with E-state index in [9.17, 15) is 19.5 Å². The van der Waals surface area contributed by atoms with Crippen molar-refractivity contribution >= 4 is 39.9 Å². The van der Waals surface area contributed by atoms with Crippen LogP contribution in [0.1, 0.15) is 38.1 Å². The summed E-state index contributed by atoms with van der Waals surface area (Å²) in [5, 5.41) is 11.6. The molecule has 0 radical (unpaired) electrons. The monoisotopic (exact) mass is 600 g/mol. The van der Waals surface area contributed by atoms with Gasteiger partial charge in [-0.15, -0.1) is 0 Å². The highest BCUT2D eigenvalue weighted by molar-refractivity contribution is 7.17. The van der Waals surface area contributed by atoms with E-state index in [4.69, 9.17) is 18.9 Å². The van der Waals surface area contributed by atoms with Gasteiger partial charge in [-0.25, -0.2) is 9.78 Å². The molecule has 1 aliphatic rings. The molecule has 1 aromatic heterocycles. The Kier molecular flexibility index (Phi) is 8.44. The van der Waals surface area contributed by atoms with E-state index in [0.717, 1.165) is 16.9 Å². The third-order valence-electron chi connectivity index (χ3n) is 6.92. The number of ether oxygens (including phenoxy) is 4. The van der Waals surface area contributed by atoms with Crippen LogP contribution < -0.4 is 19.1 Å². The predicted octanol–water partition coefficient (Wildman–Crippen LogP) is 5.46. The molecule has 10 nitrogen and oxygen atoms in total. The number of hydrogen-bond acceptors (Lipinski definition) is 10. The lowest BCUT2D eigenvalue weighted by molar-refractivity contribution is -0.132. The van der Waals surface area contributed by atoms with Crippen LogP contribution in [0.15, 0.2) is 78.4 Å². The standard InChI is InChI=1S/C32H28N2O8S/c1-18-29(31(38)41-4)43-32(33-18)34-26(23-15-14-22(39-2)16-24(23)40-3)25(28(36)30(34)37)27(35)20-10-12-21(13-11-20)42-17-19-8-6-5-7-9-19/h5-16,26,35H,17H2,1-4H3/b27-25+. The Morgan fingerprint density at radius 3 is 2.30 bits per heavy atom. The number of aryl methyl sites for hydroxylation is 1. The minimum Gasteiger partial charge on any atom is -0.507 e. The number of benzene rings is 3. The van der Waals surface area contributed by atoms with Gasteiger partial charge in [0.1, 0.15) is 40.5 Å². The van der Waals surface area contributed by atoms with Gasteiger partial charge in [0, 0.05) is 17.2 Å². The van der Waals surface area contributed by atoms with Crippen LogP contribution in [0, 0.1) is 6.92 Å². The number of esters is 1. The normalized spacial score (nSPS) is 15.8. The fraction of sp³-hybridized carbons (Fsp3) is 0.188. The van der Waals surface area contributed by atoms with Gasteiger partial charge in [-0.05, 0) is 48.9 Å². The summed E-state index contributed by atoms with van der Waals surface area (Å²) in [4.78, 5) is 45.3. The van der Waals surface area contributed by atoms with Crippen molar-refractivity contribution < 1.29 is 38.4 Å². The average Bonchev–Trinajstić information content (AvgIpc) is 3.55. The Morgan fingerprint density at radius 2 is 1.65 bits per heavy atom. The van der Waals surface area contributed by atoms with Gasteiger partial charge < -0.3 is 24.1 Å². The van der Waals surface area contributed by atoms with Gasteiger partial charge in [-0.3, -0.25) is 14.5 Å². The summed E-state index contributed by atoms with van der Waals surface area (Å²) < 4.78 is 21.6. The number of aliphatic hydroxyl groups is 1. The lowest BCUT2D eigenvalue weighted by Crippen LogP contribution is -2.29. The van der Waals surface area contributed by atoms with E-state index in [1.807, 2.05) is 30.3 Å². The zero-order valence-corrected chi connectivity index (χ0v) is 24.6. The highest BCUT2D eigenvalue weighted by Crippen LogP contribution is 2.47. The number of amides is 1. The number of hydrogen-bond donors (Lipinski definition) is 1. The number of aliphatic hydroxyl groups excluding tert-OH is 1. The van der Waals surface area contributed by atoms with Crippen molar-refractivity contribution in [2.24, 2.45) is 0 Å². The van der Waals surface area contributed by atoms with E-state index in [2.05, 4.69) is 4.98 Å². The molecular formula is C32H28N2O8S. The molecule has 1 atom stereocenters. The first-order valence-electron chi connectivity index (χ1n) is 13.1. The summed E-state index contributed by atoms with van der Waals surface area (Å²) in [5.74, 6) is -1.49. The van der Waals surface area contributed by atoms with Crippen molar-refractivity contribution in [3.63, 3.8) is 0 Å². The van der Waals surface area contributed by atoms with Crippen LogP contribution in [0.2, 0.25) is 0 Å². The quantitative estimate of drug-likeness (QED) is 0.115. The van der Waals surface area contributed by atoms with Crippen molar-refractivity contribution in [2.75, 3.05) is 26.2 Å². The number of thiazole rings is 1. The van der Waals surface area contributed by atoms with Gasteiger partial charge >= 0.3 is 11.9 Å². The molecule has 4 aromatic rings. The van der Waals surface area contributed by atoms with E-state index in [1.165, 1.54) is 26.2 Å². The molecule has 11 heteroatoms. The SMILES string of the molecule is COC(=O)c1sc(N2C(=O)C(=O)/C(=C(/O)c3ccc(OCc4ccccc4)cc3)C2c2ccc(OC)cc2OC)nc1C. The second-order valence-corrected chi connectivity index (χ2v) is 10.5. The summed E-state index contributed by atoms with van der Waals surface area (Å²) in [7, 11) is 4.19. The molecule has 3 aromatic carbocycles. The number of anilines is 1. The molecular weight excluding hydrogens is 572 g/mol. The number of ketones is 1. The van der Waals surface area contributed by atoms with Crippen molar-refractivity contribution in [3.8, 4) is 17.2 Å². The van der Waals surface area contributed by atoms with Crippen molar-refractivity contribution in [2.45, 2.75) is 19.6 Å². The van der Waals surface area contributed by atoms with Crippen LogP contribution in [0.4, 0.5) is 5.13 Å². The molecule has 1 unspecified atom stereocenters. The molecule has 0 aliphatic carbocycles. The van der Waals surface area contributed by atoms with Gasteiger partial charge in [0.15, 0.2) is 5.13 Å². The van der Waals surface area contributed by atoms with E-state index in [-0.39, 0.29) is 21.3 Å². The molecule has 5 rings (SSSR count). The first kappa shape index (κ1) is 29.3. The van der Waals surface area contributed by atoms with Crippen LogP contribution >= 0.6 is 11.3 Å². The fourth-order valence-electron chi connectivity index (χ4n) is 4.74. The number of aromatic nitrogens is 1. The Balaban J connectivity index is 1.60. The Morgan fingerprint density at radius 1 is 0.953 bits per heavy atom. The lowest BCUT2D eigenvalue weighted by atomic mass is 9.94. The minimum atomic E-state index is -1.13. The van der Waals surface area contributed by atoms with Crippen LogP contribution in [0.3, 0.4) is 0 Å². The van der Waals surface area contributed by atoms with E-state index < -0.39 is 23.7 Å². The number of nitrogens with zero attached hydrogens (tertiary/aromatic N) is 2. The lowest BCUT2D eigenvalue weighted by Gasteiger charge is -2.24. The summed E-state index contributed by atoms with van der Waals surface area (Å²) in [6, 6.07) is 20.0. The molecule has 1 aliphatic heterocycles. The maximum Gasteiger partial charge on any atom is 0.350 e. The number of rotatable bonds is 9. The van der Waals surface area contributed by atoms with Crippen molar-refractivity contribution in [1.82, 2.24) is 4.98 Å². The average molecular weight is 601 g/mol. The topological polar surface area (TPSA) is 124 Å². The molecule has 0 saturated carbocycles. The van der Waals surface area contributed by atoms with Gasteiger partial charge in [-0.2, -0.15) is 0 Å². The summed E-state index contributed by atoms with van der Waals surface area (Å²) in [5.41, 5.74) is 1.86. The van der Waals surface area contributed by atoms with Gasteiger partial charge in [-0.1, -0.05) is 41.7 Å². The predicted molar refractivity (Wildman–Crippen MR) is 160 cm³/mol. The van der Waals surface area contributed by atoms with Crippen LogP contribution in [0.5, 0.6) is 17.2 Å². The maximum atomic E-state index is 13.6. The summed E-state index contributed by atoms with van der Waals surface area (Å²) in [6.45, 7) is 1.96. The van der Waals surface area contributed by atoms with E-state index in [1.54, 1.807) is 49.4 Å². The molecule has 0 bridgehead atoms. The first-order chi connectivity index (χ1) is 20.8. The van der Waals surface area contributed by atoms with Crippen LogP contribution in [-0.2, 0) is 20.9 Å². The number of methoxy groups -OCH3 is 3. The van der Waals surface area contributed by atoms with Crippen LogP contribution in [-0.4, -0.2) is 49.1 Å². The zero-order valence-electron chi connectivity index (χ0n) is 23.8. The molecule has 1 amide bonds. The Bertz CT molecular complexity index is 1710. The zero-order chi connectivity index (χ0) is 30.7. The largest absolute Gasteiger partial charge is 0.507 e. The molecule has 220 valence electrons. The molecule has 2 heterocycles. The molecule has 43 heavy (non-hydrogen) atoms. The molecule has 1 fully saturated rings. The maximum absolute atomic E-state index is 13.6. The number of carbonyl (C=O) groups excluding carboxylic acids is 3. The Labute approximate surface area is 251 Å². The second kappa shape index (κ2) is 12.4. The van der Waals surface area contributed by atoms with Gasteiger partial charge in [0.05, 0.1) is 32.6 Å². The third kappa shape index (κ3) is 5.67. The molecule has 1 N–H and O–H groups in total. The van der Waals surface area contributed by atoms with E-state index >= 15 is 0 Å². The number of carbonyl (C=O) groups is 3. The minimum absolute atomic E-state index is 0.0894. The van der Waals surface area contributed by atoms with Crippen molar-refractivity contribution in [1.29, 1.82) is 0 Å². The smallest absolute Gasteiger partial charge is 0.350 e. The highest BCUT2D eigenvalue weighted by atomic mass is 32.1. The Hall–Kier alpha value is -5.16. The van der Waals surface area contributed by atoms with Crippen LogP contribution in [0.25, 0.3) is 5.76 Å². The first-order valence-corrected chi connectivity index (χ1v) is 13.9. The van der Waals surface area contributed by atoms with E-state index in [0.29, 0.717) is 40.7 Å². The molecule has 0 spiro atoms. The third-order valence-corrected chi connectivity index (χ3v) is 8.05. The van der Waals surface area contributed by atoms with Gasteiger partial charge in [0.25, 0.3) is 5.78 Å². The highest BCUT2D eigenvalue weighted by Gasteiger charge is 2.49. The fourth-order valence-corrected chi connectivity index (χ4v) is 5.75. The summed E-state index contributed by atoms with van der Waals surface area (Å²) >= 11 is 0.911.